The molecule has 0 spiro atoms. The van der Waals surface area contributed by atoms with E-state index in [9.17, 15) is 19.8 Å². The molecule has 4 N–H and O–H groups in total. The summed E-state index contributed by atoms with van der Waals surface area (Å²) in [5.74, 6) is -0.343. The third-order valence-electron chi connectivity index (χ3n) is 8.98. The predicted octanol–water partition coefficient (Wildman–Crippen LogP) is 5.22. The highest BCUT2D eigenvalue weighted by Crippen LogP contribution is 2.61. The fourth-order valence-corrected chi connectivity index (χ4v) is 7.29. The number of carbonyl (C=O) groups is 2. The van der Waals surface area contributed by atoms with Gasteiger partial charge in [-0.15, -0.1) is 11.8 Å². The van der Waals surface area contributed by atoms with E-state index in [1.54, 1.807) is 11.8 Å². The Labute approximate surface area is 229 Å². The van der Waals surface area contributed by atoms with Crippen molar-refractivity contribution in [2.24, 2.45) is 22.7 Å². The zero-order valence-corrected chi connectivity index (χ0v) is 23.3. The first-order valence-corrected chi connectivity index (χ1v) is 14.6. The van der Waals surface area contributed by atoms with Gasteiger partial charge >= 0.3 is 6.09 Å². The molecule has 0 heterocycles. The van der Waals surface area contributed by atoms with E-state index in [0.717, 1.165) is 10.5 Å². The van der Waals surface area contributed by atoms with Crippen molar-refractivity contribution in [1.29, 1.82) is 0 Å². The zero-order valence-electron chi connectivity index (χ0n) is 22.5. The highest BCUT2D eigenvalue weighted by Gasteiger charge is 2.60. The molecule has 8 heteroatoms. The lowest BCUT2D eigenvalue weighted by molar-refractivity contribution is -0.185. The van der Waals surface area contributed by atoms with Gasteiger partial charge in [-0.2, -0.15) is 0 Å². The van der Waals surface area contributed by atoms with E-state index in [4.69, 9.17) is 4.74 Å². The summed E-state index contributed by atoms with van der Waals surface area (Å²) in [5, 5.41) is 27.5. The minimum Gasteiger partial charge on any atom is -0.445 e. The van der Waals surface area contributed by atoms with E-state index in [2.05, 4.69) is 17.6 Å². The van der Waals surface area contributed by atoms with Gasteiger partial charge < -0.3 is 20.3 Å². The number of aliphatic hydroxyl groups is 2. The summed E-state index contributed by atoms with van der Waals surface area (Å²) in [6, 6.07) is 17.3. The predicted molar refractivity (Wildman–Crippen MR) is 150 cm³/mol. The lowest BCUT2D eigenvalue weighted by Crippen LogP contribution is -2.61. The lowest BCUT2D eigenvalue weighted by atomic mass is 9.46. The Morgan fingerprint density at radius 2 is 1.84 bits per heavy atom. The molecule has 7 nitrogen and oxygen atoms in total. The smallest absolute Gasteiger partial charge is 0.411 e. The van der Waals surface area contributed by atoms with E-state index in [1.165, 1.54) is 0 Å². The number of hydrogen-bond acceptors (Lipinski definition) is 6. The molecule has 2 aliphatic rings. The minimum atomic E-state index is -0.690. The molecule has 0 unspecified atom stereocenters. The van der Waals surface area contributed by atoms with Gasteiger partial charge in [-0.05, 0) is 73.0 Å². The average molecular weight is 541 g/mol. The van der Waals surface area contributed by atoms with E-state index in [0.29, 0.717) is 37.9 Å². The Balaban J connectivity index is 1.45. The molecule has 2 amide bonds. The van der Waals surface area contributed by atoms with Gasteiger partial charge in [-0.3, -0.25) is 10.1 Å². The van der Waals surface area contributed by atoms with Crippen LogP contribution in [0.4, 0.5) is 10.5 Å². The van der Waals surface area contributed by atoms with Crippen LogP contribution in [0.2, 0.25) is 0 Å². The molecule has 206 valence electrons. The van der Waals surface area contributed by atoms with Crippen LogP contribution in [0.25, 0.3) is 0 Å². The summed E-state index contributed by atoms with van der Waals surface area (Å²) in [6.07, 6.45) is 3.09. The van der Waals surface area contributed by atoms with Gasteiger partial charge in [0.1, 0.15) is 6.10 Å². The maximum absolute atomic E-state index is 13.0. The van der Waals surface area contributed by atoms with Crippen LogP contribution >= 0.6 is 11.8 Å². The van der Waals surface area contributed by atoms with Crippen LogP contribution in [-0.2, 0) is 16.1 Å². The standard InChI is InChI=1S/C30H40N2O5S/c1-29-15-14-26(37-28(36)32-21-10-7-11-22(16-21)38-3)30(2,19-33)25(29)13-12-24(34)23(29)17-27(35)31-18-20-8-5-4-6-9-20/h4-11,16,23-26,33-34H,12-15,17-19H2,1-3H3,(H,31,35)(H,32,36)/t23-,24-,25-,26-,29+,30+/m1/s1. The summed E-state index contributed by atoms with van der Waals surface area (Å²) in [6.45, 7) is 4.41. The van der Waals surface area contributed by atoms with Crippen LogP contribution in [0, 0.1) is 22.7 Å². The molecule has 0 bridgehead atoms. The Morgan fingerprint density at radius 3 is 2.55 bits per heavy atom. The second kappa shape index (κ2) is 12.1. The second-order valence-corrected chi connectivity index (χ2v) is 12.1. The van der Waals surface area contributed by atoms with E-state index in [1.807, 2.05) is 67.8 Å². The number of anilines is 1. The number of aliphatic hydroxyl groups excluding tert-OH is 2. The first-order chi connectivity index (χ1) is 18.2. The Kier molecular flexibility index (Phi) is 9.06. The number of thioether (sulfide) groups is 1. The zero-order chi connectivity index (χ0) is 27.3. The van der Waals surface area contributed by atoms with Gasteiger partial charge in [0.2, 0.25) is 5.91 Å². The third-order valence-corrected chi connectivity index (χ3v) is 9.70. The number of amides is 2. The molecule has 38 heavy (non-hydrogen) atoms. The van der Waals surface area contributed by atoms with Crippen LogP contribution < -0.4 is 10.6 Å². The number of rotatable bonds is 8. The second-order valence-electron chi connectivity index (χ2n) is 11.2. The van der Waals surface area contributed by atoms with Crippen molar-refractivity contribution in [3.05, 3.63) is 60.2 Å². The monoisotopic (exact) mass is 540 g/mol. The lowest BCUT2D eigenvalue weighted by Gasteiger charge is -2.60. The molecule has 0 radical (unpaired) electrons. The van der Waals surface area contributed by atoms with Crippen molar-refractivity contribution < 1.29 is 24.5 Å². The van der Waals surface area contributed by atoms with Crippen molar-refractivity contribution in [3.63, 3.8) is 0 Å². The number of carbonyl (C=O) groups excluding carboxylic acids is 2. The van der Waals surface area contributed by atoms with Gasteiger partial charge in [0.15, 0.2) is 0 Å². The number of ether oxygens (including phenoxy) is 1. The number of nitrogens with one attached hydrogen (secondary N) is 2. The largest absolute Gasteiger partial charge is 0.445 e. The highest BCUT2D eigenvalue weighted by atomic mass is 32.2. The van der Waals surface area contributed by atoms with Crippen molar-refractivity contribution in [1.82, 2.24) is 5.32 Å². The minimum absolute atomic E-state index is 0.0123. The summed E-state index contributed by atoms with van der Waals surface area (Å²) >= 11 is 1.59. The number of benzene rings is 2. The van der Waals surface area contributed by atoms with E-state index in [-0.39, 0.29) is 36.2 Å². The highest BCUT2D eigenvalue weighted by molar-refractivity contribution is 7.98. The molecule has 2 fully saturated rings. The van der Waals surface area contributed by atoms with Crippen LogP contribution in [0.5, 0.6) is 0 Å². The van der Waals surface area contributed by atoms with E-state index < -0.39 is 23.7 Å². The third kappa shape index (κ3) is 6.03. The SMILES string of the molecule is CSc1cccc(NC(=O)O[C@@H]2CC[C@]3(C)[C@@H](CC[C@@H](O)[C@H]3CC(=O)NCc3ccccc3)[C@]2(C)CO)c1. The van der Waals surface area contributed by atoms with Crippen molar-refractivity contribution in [2.75, 3.05) is 18.2 Å². The Morgan fingerprint density at radius 1 is 1.08 bits per heavy atom. The Bertz CT molecular complexity index is 1110. The van der Waals surface area contributed by atoms with Crippen LogP contribution in [0.3, 0.4) is 0 Å². The first-order valence-electron chi connectivity index (χ1n) is 13.4. The molecule has 2 aromatic rings. The summed E-state index contributed by atoms with van der Waals surface area (Å²) < 4.78 is 5.94. The molecule has 0 aromatic heterocycles. The van der Waals surface area contributed by atoms with Gasteiger partial charge in [-0.1, -0.05) is 50.2 Å². The molecule has 0 aliphatic heterocycles. The average Bonchev–Trinajstić information content (AvgIpc) is 2.92. The Hall–Kier alpha value is -2.55. The molecule has 4 rings (SSSR count). The van der Waals surface area contributed by atoms with Crippen molar-refractivity contribution in [2.45, 2.75) is 69.6 Å². The molecule has 6 atom stereocenters. The molecule has 2 aromatic carbocycles. The quantitative estimate of drug-likeness (QED) is 0.342. The molecule has 2 saturated carbocycles. The van der Waals surface area contributed by atoms with Gasteiger partial charge in [-0.25, -0.2) is 4.79 Å². The van der Waals surface area contributed by atoms with Gasteiger partial charge in [0.05, 0.1) is 12.7 Å². The summed E-state index contributed by atoms with van der Waals surface area (Å²) in [7, 11) is 0. The maximum Gasteiger partial charge on any atom is 0.411 e. The summed E-state index contributed by atoms with van der Waals surface area (Å²) in [4.78, 5) is 26.9. The van der Waals surface area contributed by atoms with E-state index >= 15 is 0 Å². The van der Waals surface area contributed by atoms with Crippen molar-refractivity contribution in [3.8, 4) is 0 Å². The van der Waals surface area contributed by atoms with Crippen LogP contribution in [-0.4, -0.2) is 47.3 Å². The normalized spacial score (nSPS) is 30.7. The van der Waals surface area contributed by atoms with Gasteiger partial charge in [0.25, 0.3) is 0 Å². The number of hydrogen-bond donors (Lipinski definition) is 4. The molecular formula is C30H40N2O5S. The first kappa shape index (κ1) is 28.5. The molecular weight excluding hydrogens is 500 g/mol. The fraction of sp³-hybridized carbons (Fsp3) is 0.533. The summed E-state index contributed by atoms with van der Waals surface area (Å²) in [5.41, 5.74) is 0.626. The maximum atomic E-state index is 13.0. The molecule has 2 aliphatic carbocycles. The topological polar surface area (TPSA) is 108 Å². The molecule has 0 saturated heterocycles. The van der Waals surface area contributed by atoms with Crippen molar-refractivity contribution >= 4 is 29.4 Å². The number of fused-ring (bicyclic) bond motifs is 1. The van der Waals surface area contributed by atoms with Crippen LogP contribution in [0.1, 0.15) is 51.5 Å². The van der Waals surface area contributed by atoms with Gasteiger partial charge in [0, 0.05) is 29.0 Å². The van der Waals surface area contributed by atoms with Crippen LogP contribution in [0.15, 0.2) is 59.5 Å². The fourth-order valence-electron chi connectivity index (χ4n) is 6.83.